The van der Waals surface area contributed by atoms with E-state index in [2.05, 4.69) is 33.7 Å². The number of aromatic nitrogens is 3. The number of aryl methyl sites for hydroxylation is 1. The summed E-state index contributed by atoms with van der Waals surface area (Å²) in [5, 5.41) is 7.81. The summed E-state index contributed by atoms with van der Waals surface area (Å²) < 4.78 is 1.82. The fourth-order valence-corrected chi connectivity index (χ4v) is 4.05. The lowest BCUT2D eigenvalue weighted by molar-refractivity contribution is 0.416. The fourth-order valence-electron chi connectivity index (χ4n) is 4.05. The Morgan fingerprint density at radius 3 is 2.52 bits per heavy atom. The quantitative estimate of drug-likeness (QED) is 0.664. The van der Waals surface area contributed by atoms with E-state index in [0.717, 1.165) is 60.5 Å². The average Bonchev–Trinajstić information content (AvgIpc) is 3.52. The summed E-state index contributed by atoms with van der Waals surface area (Å²) in [6.45, 7) is 12.8. The standard InChI is InChI=1S/C17H24N6.C7H7B/c1-13-5-9-22(12-13)14(2)19-15-11-18-23-10-6-16(20-17(15)23)21-7-3-4-8-21;1-6-2-4-7(8)5-3-6/h6,10-11,13,19H,2-5,7-9,12H2,1H3;2-5H,1H3. The van der Waals surface area contributed by atoms with Crippen molar-refractivity contribution in [2.75, 3.05) is 36.4 Å². The van der Waals surface area contributed by atoms with Gasteiger partial charge < -0.3 is 15.1 Å². The van der Waals surface area contributed by atoms with Crippen LogP contribution in [-0.4, -0.2) is 53.5 Å². The van der Waals surface area contributed by atoms with Crippen LogP contribution in [0.5, 0.6) is 0 Å². The molecule has 1 atom stereocenters. The molecule has 1 unspecified atom stereocenters. The lowest BCUT2D eigenvalue weighted by atomic mass is 9.96. The first-order valence-corrected chi connectivity index (χ1v) is 11.1. The van der Waals surface area contributed by atoms with Crippen molar-refractivity contribution in [1.29, 1.82) is 0 Å². The Hall–Kier alpha value is -2.96. The number of benzene rings is 1. The highest BCUT2D eigenvalue weighted by Gasteiger charge is 2.21. The number of rotatable bonds is 4. The van der Waals surface area contributed by atoms with Crippen LogP contribution in [0, 0.1) is 12.8 Å². The van der Waals surface area contributed by atoms with Crippen molar-refractivity contribution in [1.82, 2.24) is 19.5 Å². The Morgan fingerprint density at radius 1 is 1.13 bits per heavy atom. The van der Waals surface area contributed by atoms with Gasteiger partial charge in [0.05, 0.1) is 12.0 Å². The average molecular weight is 414 g/mol. The third-order valence-corrected chi connectivity index (χ3v) is 5.95. The maximum absolute atomic E-state index is 5.43. The van der Waals surface area contributed by atoms with Gasteiger partial charge in [0.2, 0.25) is 0 Å². The summed E-state index contributed by atoms with van der Waals surface area (Å²) in [6, 6.07) is 9.83. The number of nitrogens with one attached hydrogen (secondary N) is 1. The maximum atomic E-state index is 5.43. The number of hydrogen-bond acceptors (Lipinski definition) is 5. The van der Waals surface area contributed by atoms with E-state index < -0.39 is 0 Å². The highest BCUT2D eigenvalue weighted by molar-refractivity contribution is 6.32. The first-order chi connectivity index (χ1) is 15.0. The van der Waals surface area contributed by atoms with E-state index in [-0.39, 0.29) is 0 Å². The number of fused-ring (bicyclic) bond motifs is 1. The first kappa shape index (κ1) is 21.3. The second-order valence-electron chi connectivity index (χ2n) is 8.63. The van der Waals surface area contributed by atoms with Crippen LogP contribution in [0.2, 0.25) is 0 Å². The summed E-state index contributed by atoms with van der Waals surface area (Å²) >= 11 is 0. The molecule has 0 aliphatic carbocycles. The minimum absolute atomic E-state index is 0.734. The van der Waals surface area contributed by atoms with Crippen LogP contribution < -0.4 is 15.7 Å². The predicted octanol–water partition coefficient (Wildman–Crippen LogP) is 3.34. The van der Waals surface area contributed by atoms with Crippen LogP contribution in [-0.2, 0) is 0 Å². The van der Waals surface area contributed by atoms with Gasteiger partial charge in [0.15, 0.2) is 5.65 Å². The highest BCUT2D eigenvalue weighted by Crippen LogP contribution is 2.24. The van der Waals surface area contributed by atoms with Crippen LogP contribution in [0.4, 0.5) is 11.5 Å². The second-order valence-corrected chi connectivity index (χ2v) is 8.63. The third kappa shape index (κ3) is 5.21. The summed E-state index contributed by atoms with van der Waals surface area (Å²) in [4.78, 5) is 9.46. The summed E-state index contributed by atoms with van der Waals surface area (Å²) in [7, 11) is 5.43. The molecule has 1 N–H and O–H groups in total. The van der Waals surface area contributed by atoms with Gasteiger partial charge in [0, 0.05) is 32.4 Å². The Balaban J connectivity index is 0.000000245. The molecular weight excluding hydrogens is 383 g/mol. The molecule has 3 aromatic rings. The zero-order valence-electron chi connectivity index (χ0n) is 18.6. The molecule has 31 heavy (non-hydrogen) atoms. The minimum atomic E-state index is 0.734. The monoisotopic (exact) mass is 414 g/mol. The third-order valence-electron chi connectivity index (χ3n) is 5.95. The van der Waals surface area contributed by atoms with E-state index in [9.17, 15) is 0 Å². The molecule has 0 amide bonds. The van der Waals surface area contributed by atoms with Crippen molar-refractivity contribution >= 4 is 30.5 Å². The fraction of sp³-hybridized carbons (Fsp3) is 0.417. The Morgan fingerprint density at radius 2 is 1.87 bits per heavy atom. The molecule has 2 saturated heterocycles. The van der Waals surface area contributed by atoms with Gasteiger partial charge in [-0.25, -0.2) is 9.50 Å². The van der Waals surface area contributed by atoms with Crippen molar-refractivity contribution < 1.29 is 0 Å². The van der Waals surface area contributed by atoms with Gasteiger partial charge in [0.1, 0.15) is 19.4 Å². The van der Waals surface area contributed by atoms with E-state index in [1.165, 1.54) is 24.8 Å². The largest absolute Gasteiger partial charge is 0.358 e. The number of anilines is 2. The molecule has 4 heterocycles. The van der Waals surface area contributed by atoms with Crippen molar-refractivity contribution in [2.24, 2.45) is 5.92 Å². The molecule has 160 valence electrons. The maximum Gasteiger partial charge on any atom is 0.180 e. The first-order valence-electron chi connectivity index (χ1n) is 11.1. The second kappa shape index (κ2) is 9.46. The van der Waals surface area contributed by atoms with E-state index in [1.807, 2.05) is 54.2 Å². The van der Waals surface area contributed by atoms with Gasteiger partial charge in [-0.15, -0.1) is 0 Å². The molecule has 2 aliphatic rings. The molecule has 0 saturated carbocycles. The number of hydrogen-bond donors (Lipinski definition) is 1. The van der Waals surface area contributed by atoms with Gasteiger partial charge in [0.25, 0.3) is 0 Å². The molecule has 2 radical (unpaired) electrons. The lowest BCUT2D eigenvalue weighted by Crippen LogP contribution is -2.24. The molecule has 7 heteroatoms. The van der Waals surface area contributed by atoms with Crippen LogP contribution in [0.3, 0.4) is 0 Å². The summed E-state index contributed by atoms with van der Waals surface area (Å²) in [5.41, 5.74) is 3.87. The molecule has 5 rings (SSSR count). The minimum Gasteiger partial charge on any atom is -0.358 e. The van der Waals surface area contributed by atoms with Crippen molar-refractivity contribution in [3.05, 3.63) is 60.7 Å². The highest BCUT2D eigenvalue weighted by atomic mass is 15.3. The van der Waals surface area contributed by atoms with Crippen molar-refractivity contribution in [3.8, 4) is 0 Å². The zero-order chi connectivity index (χ0) is 21.8. The zero-order valence-corrected chi connectivity index (χ0v) is 18.6. The number of likely N-dealkylation sites (tertiary alicyclic amines) is 1. The number of nitrogens with zero attached hydrogens (tertiary/aromatic N) is 5. The van der Waals surface area contributed by atoms with Crippen molar-refractivity contribution in [3.63, 3.8) is 0 Å². The summed E-state index contributed by atoms with van der Waals surface area (Å²) in [5.74, 6) is 2.72. The van der Waals surface area contributed by atoms with E-state index >= 15 is 0 Å². The van der Waals surface area contributed by atoms with E-state index in [0.29, 0.717) is 0 Å². The lowest BCUT2D eigenvalue weighted by Gasteiger charge is -2.21. The Labute approximate surface area is 186 Å². The Bertz CT molecular complexity index is 1000. The Kier molecular flexibility index (Phi) is 6.49. The van der Waals surface area contributed by atoms with E-state index in [4.69, 9.17) is 12.8 Å². The van der Waals surface area contributed by atoms with Gasteiger partial charge in [-0.2, -0.15) is 5.10 Å². The smallest absolute Gasteiger partial charge is 0.180 e. The molecular formula is C24H31BN6. The molecule has 2 aromatic heterocycles. The van der Waals surface area contributed by atoms with E-state index in [1.54, 1.807) is 0 Å². The van der Waals surface area contributed by atoms with Crippen molar-refractivity contribution in [2.45, 2.75) is 33.1 Å². The van der Waals surface area contributed by atoms with Crippen LogP contribution in [0.15, 0.2) is 55.1 Å². The van der Waals surface area contributed by atoms with Gasteiger partial charge in [-0.1, -0.05) is 48.8 Å². The topological polar surface area (TPSA) is 48.7 Å². The van der Waals surface area contributed by atoms with Gasteiger partial charge in [-0.05, 0) is 38.2 Å². The molecule has 0 bridgehead atoms. The van der Waals surface area contributed by atoms with Crippen LogP contribution in [0.1, 0.15) is 31.7 Å². The molecule has 0 spiro atoms. The SMILES string of the molecule is C=C(Nc1cnn2ccc(N3CCCC3)nc12)N1CCC(C)C1.[B]c1ccc(C)cc1. The summed E-state index contributed by atoms with van der Waals surface area (Å²) in [6.07, 6.45) is 7.55. The van der Waals surface area contributed by atoms with Crippen LogP contribution in [0.25, 0.3) is 5.65 Å². The van der Waals surface area contributed by atoms with Gasteiger partial charge in [-0.3, -0.25) is 0 Å². The molecule has 1 aromatic carbocycles. The molecule has 2 fully saturated rings. The predicted molar refractivity (Wildman–Crippen MR) is 129 cm³/mol. The van der Waals surface area contributed by atoms with Gasteiger partial charge >= 0.3 is 0 Å². The molecule has 2 aliphatic heterocycles. The normalized spacial score (nSPS) is 18.2. The van der Waals surface area contributed by atoms with Crippen LogP contribution >= 0.6 is 0 Å². The molecule has 6 nitrogen and oxygen atoms in total.